The number of nitrogens with zero attached hydrogens (tertiary/aromatic N) is 1. The quantitative estimate of drug-likeness (QED) is 0.472. The van der Waals surface area contributed by atoms with Gasteiger partial charge in [-0.05, 0) is 24.7 Å². The third kappa shape index (κ3) is 0.525. The van der Waals surface area contributed by atoms with Gasteiger partial charge in [-0.15, -0.1) is 0 Å². The molecule has 3 rings (SSSR count). The fourth-order valence-electron chi connectivity index (χ4n) is 2.81. The SMILES string of the molecule is CN=CC12CC(C)(C1)C2. The van der Waals surface area contributed by atoms with Crippen LogP contribution in [0.1, 0.15) is 26.2 Å². The standard InChI is InChI=1S/C8H13N/c1-7-3-8(4-7,5-7)6-9-2/h6H,3-5H2,1-2H3. The number of rotatable bonds is 1. The molecule has 0 atom stereocenters. The zero-order valence-electron chi connectivity index (χ0n) is 6.15. The monoisotopic (exact) mass is 123 g/mol. The number of aliphatic imine (C=N–C) groups is 1. The first-order valence-corrected chi connectivity index (χ1v) is 3.62. The minimum Gasteiger partial charge on any atom is -0.300 e. The lowest BCUT2D eigenvalue weighted by atomic mass is 9.36. The van der Waals surface area contributed by atoms with E-state index in [1.54, 1.807) is 0 Å². The first-order valence-electron chi connectivity index (χ1n) is 3.62. The van der Waals surface area contributed by atoms with Gasteiger partial charge in [-0.3, -0.25) is 0 Å². The van der Waals surface area contributed by atoms with Crippen LogP contribution >= 0.6 is 0 Å². The topological polar surface area (TPSA) is 12.4 Å². The molecule has 50 valence electrons. The Balaban J connectivity index is 2.04. The summed E-state index contributed by atoms with van der Waals surface area (Å²) in [7, 11) is 1.88. The van der Waals surface area contributed by atoms with Crippen molar-refractivity contribution in [2.45, 2.75) is 26.2 Å². The van der Waals surface area contributed by atoms with Crippen molar-refractivity contribution in [1.82, 2.24) is 0 Å². The van der Waals surface area contributed by atoms with E-state index in [1.165, 1.54) is 19.3 Å². The molecule has 3 saturated carbocycles. The predicted octanol–water partition coefficient (Wildman–Crippen LogP) is 1.88. The van der Waals surface area contributed by atoms with E-state index in [1.807, 2.05) is 7.05 Å². The maximum atomic E-state index is 4.07. The van der Waals surface area contributed by atoms with E-state index in [-0.39, 0.29) is 0 Å². The summed E-state index contributed by atoms with van der Waals surface area (Å²) in [6.07, 6.45) is 6.35. The average Bonchev–Trinajstić information content (AvgIpc) is 1.60. The first kappa shape index (κ1) is 5.45. The molecule has 0 aromatic rings. The molecule has 3 aliphatic carbocycles. The van der Waals surface area contributed by atoms with E-state index >= 15 is 0 Å². The van der Waals surface area contributed by atoms with Crippen LogP contribution in [0.4, 0.5) is 0 Å². The second-order valence-electron chi connectivity index (χ2n) is 4.09. The normalized spacial score (nSPS) is 54.9. The minimum atomic E-state index is 0.587. The minimum absolute atomic E-state index is 0.587. The Morgan fingerprint density at radius 3 is 2.22 bits per heavy atom. The van der Waals surface area contributed by atoms with E-state index in [2.05, 4.69) is 18.1 Å². The third-order valence-corrected chi connectivity index (χ3v) is 2.74. The van der Waals surface area contributed by atoms with Crippen LogP contribution in [0.15, 0.2) is 4.99 Å². The van der Waals surface area contributed by atoms with Gasteiger partial charge >= 0.3 is 0 Å². The molecule has 0 radical (unpaired) electrons. The fourth-order valence-corrected chi connectivity index (χ4v) is 2.81. The Morgan fingerprint density at radius 2 is 1.89 bits per heavy atom. The number of hydrogen-bond acceptors (Lipinski definition) is 1. The van der Waals surface area contributed by atoms with E-state index in [0.717, 1.165) is 5.41 Å². The molecule has 0 spiro atoms. The molecule has 0 aromatic carbocycles. The van der Waals surface area contributed by atoms with Crippen LogP contribution in [0.25, 0.3) is 0 Å². The van der Waals surface area contributed by atoms with E-state index in [0.29, 0.717) is 5.41 Å². The van der Waals surface area contributed by atoms with Crippen molar-refractivity contribution in [2.75, 3.05) is 7.05 Å². The highest BCUT2D eigenvalue weighted by Gasteiger charge is 2.63. The van der Waals surface area contributed by atoms with Gasteiger partial charge in [0.15, 0.2) is 0 Å². The van der Waals surface area contributed by atoms with Crippen LogP contribution in [0, 0.1) is 10.8 Å². The first-order chi connectivity index (χ1) is 4.18. The van der Waals surface area contributed by atoms with Crippen molar-refractivity contribution in [1.29, 1.82) is 0 Å². The molecule has 0 amide bonds. The van der Waals surface area contributed by atoms with E-state index < -0.39 is 0 Å². The second-order valence-corrected chi connectivity index (χ2v) is 4.09. The van der Waals surface area contributed by atoms with Gasteiger partial charge in [0.25, 0.3) is 0 Å². The smallest absolute Gasteiger partial charge is 0.0273 e. The summed E-state index contributed by atoms with van der Waals surface area (Å²) in [4.78, 5) is 4.07. The summed E-state index contributed by atoms with van der Waals surface area (Å²) in [5, 5.41) is 0. The molecule has 3 aliphatic rings. The average molecular weight is 123 g/mol. The van der Waals surface area contributed by atoms with Crippen molar-refractivity contribution in [3.8, 4) is 0 Å². The Hall–Kier alpha value is -0.330. The summed E-state index contributed by atoms with van der Waals surface area (Å²) >= 11 is 0. The van der Waals surface area contributed by atoms with Crippen LogP contribution < -0.4 is 0 Å². The van der Waals surface area contributed by atoms with Gasteiger partial charge in [0, 0.05) is 18.7 Å². The summed E-state index contributed by atoms with van der Waals surface area (Å²) in [5.74, 6) is 0. The van der Waals surface area contributed by atoms with Gasteiger partial charge in [0.2, 0.25) is 0 Å². The second kappa shape index (κ2) is 1.23. The Labute approximate surface area is 56.2 Å². The van der Waals surface area contributed by atoms with Crippen molar-refractivity contribution >= 4 is 6.21 Å². The third-order valence-electron chi connectivity index (χ3n) is 2.74. The van der Waals surface area contributed by atoms with Crippen LogP contribution in [-0.4, -0.2) is 13.3 Å². The van der Waals surface area contributed by atoms with Crippen LogP contribution in [-0.2, 0) is 0 Å². The van der Waals surface area contributed by atoms with Crippen LogP contribution in [0.5, 0.6) is 0 Å². The molecule has 0 saturated heterocycles. The summed E-state index contributed by atoms with van der Waals surface area (Å²) in [5.41, 5.74) is 1.32. The molecule has 1 heteroatoms. The van der Waals surface area contributed by atoms with Gasteiger partial charge in [0.1, 0.15) is 0 Å². The lowest BCUT2D eigenvalue weighted by Crippen LogP contribution is -2.60. The highest BCUT2D eigenvalue weighted by atomic mass is 14.8. The Morgan fingerprint density at radius 1 is 1.33 bits per heavy atom. The summed E-state index contributed by atoms with van der Waals surface area (Å²) < 4.78 is 0. The molecule has 0 unspecified atom stereocenters. The Kier molecular flexibility index (Phi) is 0.744. The van der Waals surface area contributed by atoms with Gasteiger partial charge < -0.3 is 4.99 Å². The highest BCUT2D eigenvalue weighted by molar-refractivity contribution is 5.71. The molecule has 0 N–H and O–H groups in total. The van der Waals surface area contributed by atoms with Gasteiger partial charge in [-0.25, -0.2) is 0 Å². The lowest BCUT2D eigenvalue weighted by Gasteiger charge is -2.68. The highest BCUT2D eigenvalue weighted by Crippen LogP contribution is 2.72. The molecule has 9 heavy (non-hydrogen) atoms. The van der Waals surface area contributed by atoms with Crippen molar-refractivity contribution in [3.63, 3.8) is 0 Å². The predicted molar refractivity (Wildman–Crippen MR) is 38.8 cm³/mol. The van der Waals surface area contributed by atoms with E-state index in [9.17, 15) is 0 Å². The molecule has 0 aliphatic heterocycles. The molecule has 0 aromatic heterocycles. The molecular weight excluding hydrogens is 110 g/mol. The van der Waals surface area contributed by atoms with Crippen LogP contribution in [0.3, 0.4) is 0 Å². The van der Waals surface area contributed by atoms with Crippen molar-refractivity contribution in [3.05, 3.63) is 0 Å². The van der Waals surface area contributed by atoms with Crippen LogP contribution in [0.2, 0.25) is 0 Å². The summed E-state index contributed by atoms with van der Waals surface area (Å²) in [6, 6.07) is 0. The zero-order chi connectivity index (χ0) is 6.54. The zero-order valence-corrected chi connectivity index (χ0v) is 6.15. The Bertz CT molecular complexity index is 150. The van der Waals surface area contributed by atoms with Crippen molar-refractivity contribution in [2.24, 2.45) is 15.8 Å². The maximum absolute atomic E-state index is 4.07. The molecule has 3 fully saturated rings. The molecule has 2 bridgehead atoms. The summed E-state index contributed by atoms with van der Waals surface area (Å²) in [6.45, 7) is 2.37. The maximum Gasteiger partial charge on any atom is 0.0273 e. The fraction of sp³-hybridized carbons (Fsp3) is 0.875. The molecule has 1 nitrogen and oxygen atoms in total. The number of hydrogen-bond donors (Lipinski definition) is 0. The van der Waals surface area contributed by atoms with Crippen molar-refractivity contribution < 1.29 is 0 Å². The molecule has 0 heterocycles. The lowest BCUT2D eigenvalue weighted by molar-refractivity contribution is -0.134. The van der Waals surface area contributed by atoms with Gasteiger partial charge in [-0.1, -0.05) is 6.92 Å². The molecular formula is C8H13N. The van der Waals surface area contributed by atoms with Gasteiger partial charge in [0.05, 0.1) is 0 Å². The largest absolute Gasteiger partial charge is 0.300 e. The van der Waals surface area contributed by atoms with Gasteiger partial charge in [-0.2, -0.15) is 0 Å². The van der Waals surface area contributed by atoms with E-state index in [4.69, 9.17) is 0 Å².